The van der Waals surface area contributed by atoms with Gasteiger partial charge in [-0.15, -0.1) is 0 Å². The SMILES string of the molecule is CCCN(C[C@H]1COc2ccccc2O1)C(=O)CN1CCN(c2ccccc2O)CC1. The van der Waals surface area contributed by atoms with Gasteiger partial charge in [-0.1, -0.05) is 31.2 Å². The van der Waals surface area contributed by atoms with Crippen LogP contribution in [0.15, 0.2) is 48.5 Å². The second-order valence-corrected chi connectivity index (χ2v) is 8.09. The average Bonchev–Trinajstić information content (AvgIpc) is 2.80. The lowest BCUT2D eigenvalue weighted by molar-refractivity contribution is -0.134. The fourth-order valence-corrected chi connectivity index (χ4v) is 4.16. The van der Waals surface area contributed by atoms with Gasteiger partial charge < -0.3 is 24.4 Å². The number of phenols is 1. The number of benzene rings is 2. The summed E-state index contributed by atoms with van der Waals surface area (Å²) in [7, 11) is 0. The monoisotopic (exact) mass is 425 g/mol. The van der Waals surface area contributed by atoms with Crippen LogP contribution in [0.2, 0.25) is 0 Å². The van der Waals surface area contributed by atoms with Gasteiger partial charge in [0.15, 0.2) is 17.6 Å². The quantitative estimate of drug-likeness (QED) is 0.736. The second-order valence-electron chi connectivity index (χ2n) is 8.09. The lowest BCUT2D eigenvalue weighted by Crippen LogP contribution is -2.52. The molecule has 0 saturated carbocycles. The van der Waals surface area contributed by atoms with Crippen molar-refractivity contribution in [1.82, 2.24) is 9.80 Å². The van der Waals surface area contributed by atoms with E-state index in [2.05, 4.69) is 16.7 Å². The number of hydrogen-bond acceptors (Lipinski definition) is 6. The van der Waals surface area contributed by atoms with Gasteiger partial charge in [-0.25, -0.2) is 0 Å². The molecule has 0 bridgehead atoms. The van der Waals surface area contributed by atoms with Crippen molar-refractivity contribution in [2.24, 2.45) is 0 Å². The Bertz CT molecular complexity index is 883. The molecule has 1 N–H and O–H groups in total. The number of carbonyl (C=O) groups is 1. The summed E-state index contributed by atoms with van der Waals surface area (Å²) in [4.78, 5) is 19.3. The Labute approximate surface area is 183 Å². The van der Waals surface area contributed by atoms with E-state index in [-0.39, 0.29) is 12.0 Å². The van der Waals surface area contributed by atoms with E-state index in [4.69, 9.17) is 9.47 Å². The molecule has 0 spiro atoms. The molecule has 7 heteroatoms. The molecular weight excluding hydrogens is 394 g/mol. The number of amides is 1. The number of para-hydroxylation sites is 4. The fraction of sp³-hybridized carbons (Fsp3) is 0.458. The molecule has 0 unspecified atom stereocenters. The van der Waals surface area contributed by atoms with E-state index < -0.39 is 0 Å². The minimum absolute atomic E-state index is 0.125. The fourth-order valence-electron chi connectivity index (χ4n) is 4.16. The van der Waals surface area contributed by atoms with Crippen LogP contribution in [0.4, 0.5) is 5.69 Å². The van der Waals surface area contributed by atoms with E-state index in [1.165, 1.54) is 0 Å². The van der Waals surface area contributed by atoms with Crippen molar-refractivity contribution in [3.05, 3.63) is 48.5 Å². The molecule has 2 heterocycles. The summed E-state index contributed by atoms with van der Waals surface area (Å²) < 4.78 is 11.9. The maximum atomic E-state index is 13.1. The second kappa shape index (κ2) is 9.92. The highest BCUT2D eigenvalue weighted by Crippen LogP contribution is 2.31. The van der Waals surface area contributed by atoms with Crippen molar-refractivity contribution in [2.75, 3.05) is 57.3 Å². The maximum Gasteiger partial charge on any atom is 0.236 e. The number of rotatable bonds is 7. The van der Waals surface area contributed by atoms with Crippen LogP contribution in [0, 0.1) is 0 Å². The Morgan fingerprint density at radius 2 is 1.77 bits per heavy atom. The van der Waals surface area contributed by atoms with Crippen molar-refractivity contribution in [1.29, 1.82) is 0 Å². The van der Waals surface area contributed by atoms with Gasteiger partial charge in [-0.05, 0) is 30.7 Å². The molecule has 0 aromatic heterocycles. The van der Waals surface area contributed by atoms with Crippen molar-refractivity contribution in [2.45, 2.75) is 19.4 Å². The number of aromatic hydroxyl groups is 1. The van der Waals surface area contributed by atoms with Crippen LogP contribution in [0.1, 0.15) is 13.3 Å². The lowest BCUT2D eigenvalue weighted by Gasteiger charge is -2.37. The van der Waals surface area contributed by atoms with E-state index >= 15 is 0 Å². The largest absolute Gasteiger partial charge is 0.506 e. The smallest absolute Gasteiger partial charge is 0.236 e. The summed E-state index contributed by atoms with van der Waals surface area (Å²) in [6, 6.07) is 15.1. The van der Waals surface area contributed by atoms with Gasteiger partial charge in [0.05, 0.1) is 18.8 Å². The lowest BCUT2D eigenvalue weighted by atomic mass is 10.2. The number of nitrogens with zero attached hydrogens (tertiary/aromatic N) is 3. The molecule has 166 valence electrons. The van der Waals surface area contributed by atoms with E-state index in [1.54, 1.807) is 6.07 Å². The minimum atomic E-state index is -0.164. The van der Waals surface area contributed by atoms with Gasteiger partial charge in [0.1, 0.15) is 12.4 Å². The zero-order chi connectivity index (χ0) is 21.6. The Hall–Kier alpha value is -2.93. The first-order valence-corrected chi connectivity index (χ1v) is 11.1. The molecule has 2 aliphatic heterocycles. The highest BCUT2D eigenvalue weighted by molar-refractivity contribution is 5.78. The molecule has 2 aromatic rings. The van der Waals surface area contributed by atoms with E-state index in [0.717, 1.165) is 49.8 Å². The van der Waals surface area contributed by atoms with Crippen molar-refractivity contribution < 1.29 is 19.4 Å². The first kappa shape index (κ1) is 21.3. The normalized spacial score (nSPS) is 18.6. The highest BCUT2D eigenvalue weighted by atomic mass is 16.6. The van der Waals surface area contributed by atoms with Crippen LogP contribution in [-0.2, 0) is 4.79 Å². The summed E-state index contributed by atoms with van der Waals surface area (Å²) in [5.41, 5.74) is 0.857. The molecule has 1 amide bonds. The third-order valence-corrected chi connectivity index (χ3v) is 5.79. The molecule has 31 heavy (non-hydrogen) atoms. The van der Waals surface area contributed by atoms with Crippen LogP contribution in [0.25, 0.3) is 0 Å². The Balaban J connectivity index is 1.30. The zero-order valence-corrected chi connectivity index (χ0v) is 18.1. The molecule has 1 saturated heterocycles. The van der Waals surface area contributed by atoms with Gasteiger partial charge >= 0.3 is 0 Å². The number of ether oxygens (including phenoxy) is 2. The van der Waals surface area contributed by atoms with Gasteiger partial charge in [0.25, 0.3) is 0 Å². The predicted octanol–water partition coefficient (Wildman–Crippen LogP) is 2.59. The van der Waals surface area contributed by atoms with Crippen LogP contribution in [0.5, 0.6) is 17.2 Å². The zero-order valence-electron chi connectivity index (χ0n) is 18.1. The van der Waals surface area contributed by atoms with Crippen molar-refractivity contribution in [3.8, 4) is 17.2 Å². The minimum Gasteiger partial charge on any atom is -0.506 e. The third-order valence-electron chi connectivity index (χ3n) is 5.79. The van der Waals surface area contributed by atoms with Crippen molar-refractivity contribution in [3.63, 3.8) is 0 Å². The van der Waals surface area contributed by atoms with Gasteiger partial charge in [-0.3, -0.25) is 9.69 Å². The van der Waals surface area contributed by atoms with Crippen molar-refractivity contribution >= 4 is 11.6 Å². The van der Waals surface area contributed by atoms with Crippen LogP contribution in [-0.4, -0.2) is 79.3 Å². The molecular formula is C24H31N3O4. The predicted molar refractivity (Wildman–Crippen MR) is 120 cm³/mol. The van der Waals surface area contributed by atoms with Crippen LogP contribution in [0.3, 0.4) is 0 Å². The number of phenolic OH excluding ortho intramolecular Hbond substituents is 1. The number of piperazine rings is 1. The molecule has 7 nitrogen and oxygen atoms in total. The summed E-state index contributed by atoms with van der Waals surface area (Å²) in [5, 5.41) is 10.1. The first-order chi connectivity index (χ1) is 15.1. The summed E-state index contributed by atoms with van der Waals surface area (Å²) in [6.45, 7) is 7.31. The molecule has 2 aromatic carbocycles. The summed E-state index contributed by atoms with van der Waals surface area (Å²) in [6.07, 6.45) is 0.736. The number of fused-ring (bicyclic) bond motifs is 1. The van der Waals surface area contributed by atoms with Gasteiger partial charge in [-0.2, -0.15) is 0 Å². The Morgan fingerprint density at radius 1 is 1.06 bits per heavy atom. The average molecular weight is 426 g/mol. The number of anilines is 1. The molecule has 2 aliphatic rings. The maximum absolute atomic E-state index is 13.1. The van der Waals surface area contributed by atoms with Gasteiger partial charge in [0.2, 0.25) is 5.91 Å². The molecule has 1 fully saturated rings. The molecule has 0 aliphatic carbocycles. The highest BCUT2D eigenvalue weighted by Gasteiger charge is 2.27. The summed E-state index contributed by atoms with van der Waals surface area (Å²) >= 11 is 0. The third kappa shape index (κ3) is 5.22. The standard InChI is InChI=1S/C24H31N3O4/c1-2-11-27(16-19-18-30-22-9-5-6-10-23(22)31-19)24(29)17-25-12-14-26(15-13-25)20-7-3-4-8-21(20)28/h3-10,19,28H,2,11-18H2,1H3/t19-/m0/s1. The Morgan fingerprint density at radius 3 is 2.52 bits per heavy atom. The summed E-state index contributed by atoms with van der Waals surface area (Å²) in [5.74, 6) is 1.93. The van der Waals surface area contributed by atoms with Crippen LogP contribution >= 0.6 is 0 Å². The Kier molecular flexibility index (Phi) is 6.82. The van der Waals surface area contributed by atoms with E-state index in [1.807, 2.05) is 47.4 Å². The number of carbonyl (C=O) groups excluding carboxylic acids is 1. The topological polar surface area (TPSA) is 65.5 Å². The molecule has 0 radical (unpaired) electrons. The van der Waals surface area contributed by atoms with E-state index in [9.17, 15) is 9.90 Å². The van der Waals surface area contributed by atoms with Gasteiger partial charge in [0, 0.05) is 32.7 Å². The first-order valence-electron chi connectivity index (χ1n) is 11.1. The van der Waals surface area contributed by atoms with E-state index in [0.29, 0.717) is 32.0 Å². The number of hydrogen-bond donors (Lipinski definition) is 1. The molecule has 1 atom stereocenters. The molecule has 4 rings (SSSR count). The van der Waals surface area contributed by atoms with Crippen LogP contribution < -0.4 is 14.4 Å².